The first-order valence-electron chi connectivity index (χ1n) is 8.08. The van der Waals surface area contributed by atoms with Gasteiger partial charge in [-0.3, -0.25) is 0 Å². The topological polar surface area (TPSA) is 6.48 Å². The van der Waals surface area contributed by atoms with Gasteiger partial charge in [-0.05, 0) is 0 Å². The third-order valence-corrected chi connectivity index (χ3v) is 7.40. The SMILES string of the molecule is CN1CCN(C2Cc3ccccc3[Se]c3ccccc32)CC1. The Balaban J connectivity index is 1.73. The Bertz CT molecular complexity index is 662. The molecule has 2 aromatic rings. The van der Waals surface area contributed by atoms with Gasteiger partial charge in [0.1, 0.15) is 0 Å². The van der Waals surface area contributed by atoms with Gasteiger partial charge in [0.15, 0.2) is 0 Å². The molecule has 0 aromatic heterocycles. The summed E-state index contributed by atoms with van der Waals surface area (Å²) in [5.74, 6) is 0. The van der Waals surface area contributed by atoms with E-state index in [2.05, 4.69) is 65.4 Å². The predicted octanol–water partition coefficient (Wildman–Crippen LogP) is 1.19. The van der Waals surface area contributed by atoms with E-state index in [4.69, 9.17) is 0 Å². The summed E-state index contributed by atoms with van der Waals surface area (Å²) in [4.78, 5) is 5.15. The molecule has 0 spiro atoms. The summed E-state index contributed by atoms with van der Waals surface area (Å²) in [6, 6.07) is 18.8. The van der Waals surface area contributed by atoms with Crippen LogP contribution in [0.25, 0.3) is 0 Å². The van der Waals surface area contributed by atoms with Gasteiger partial charge < -0.3 is 0 Å². The molecule has 2 heterocycles. The van der Waals surface area contributed by atoms with Crippen LogP contribution in [0.5, 0.6) is 0 Å². The first-order chi connectivity index (χ1) is 10.8. The number of piperazine rings is 1. The van der Waals surface area contributed by atoms with Crippen LogP contribution in [0.15, 0.2) is 48.5 Å². The van der Waals surface area contributed by atoms with Gasteiger partial charge in [0.2, 0.25) is 0 Å². The number of benzene rings is 2. The Morgan fingerprint density at radius 2 is 1.55 bits per heavy atom. The van der Waals surface area contributed by atoms with Crippen LogP contribution < -0.4 is 8.92 Å². The zero-order valence-electron chi connectivity index (χ0n) is 13.0. The van der Waals surface area contributed by atoms with Crippen molar-refractivity contribution in [2.75, 3.05) is 33.2 Å². The third kappa shape index (κ3) is 2.75. The van der Waals surface area contributed by atoms with Crippen LogP contribution >= 0.6 is 0 Å². The molecule has 2 aromatic carbocycles. The Morgan fingerprint density at radius 1 is 0.864 bits per heavy atom. The molecule has 0 aliphatic carbocycles. The molecule has 4 rings (SSSR count). The van der Waals surface area contributed by atoms with Gasteiger partial charge in [0.05, 0.1) is 0 Å². The monoisotopic (exact) mass is 358 g/mol. The molecule has 1 fully saturated rings. The van der Waals surface area contributed by atoms with E-state index < -0.39 is 0 Å². The average molecular weight is 357 g/mol. The van der Waals surface area contributed by atoms with Crippen LogP contribution in [0.4, 0.5) is 0 Å². The van der Waals surface area contributed by atoms with Crippen LogP contribution in [0.3, 0.4) is 0 Å². The Kier molecular flexibility index (Phi) is 4.06. The Labute approximate surface area is 139 Å². The minimum atomic E-state index is 0.439. The maximum absolute atomic E-state index is 2.71. The number of rotatable bonds is 1. The van der Waals surface area contributed by atoms with Crippen LogP contribution in [0.2, 0.25) is 0 Å². The van der Waals surface area contributed by atoms with Crippen molar-refractivity contribution in [3.05, 3.63) is 59.7 Å². The summed E-state index contributed by atoms with van der Waals surface area (Å²) in [5.41, 5.74) is 3.13. The molecule has 0 bridgehead atoms. The van der Waals surface area contributed by atoms with Crippen molar-refractivity contribution in [3.8, 4) is 0 Å². The Hall–Kier alpha value is -1.12. The molecule has 1 atom stereocenters. The number of hydrogen-bond donors (Lipinski definition) is 0. The molecular weight excluding hydrogens is 335 g/mol. The van der Waals surface area contributed by atoms with Crippen LogP contribution in [-0.4, -0.2) is 58.0 Å². The second kappa shape index (κ2) is 6.17. The minimum absolute atomic E-state index is 0.439. The summed E-state index contributed by atoms with van der Waals surface area (Å²) < 4.78 is 3.14. The second-order valence-electron chi connectivity index (χ2n) is 6.31. The molecule has 2 nitrogen and oxygen atoms in total. The van der Waals surface area contributed by atoms with Crippen molar-refractivity contribution in [2.24, 2.45) is 0 Å². The van der Waals surface area contributed by atoms with Crippen molar-refractivity contribution in [2.45, 2.75) is 12.5 Å². The van der Waals surface area contributed by atoms with Gasteiger partial charge >= 0.3 is 139 Å². The fourth-order valence-corrected chi connectivity index (χ4v) is 5.90. The van der Waals surface area contributed by atoms with E-state index >= 15 is 0 Å². The molecule has 22 heavy (non-hydrogen) atoms. The van der Waals surface area contributed by atoms with Crippen molar-refractivity contribution in [3.63, 3.8) is 0 Å². The molecule has 1 saturated heterocycles. The third-order valence-electron chi connectivity index (χ3n) is 4.86. The van der Waals surface area contributed by atoms with E-state index in [1.165, 1.54) is 32.6 Å². The first-order valence-corrected chi connectivity index (χ1v) is 9.80. The van der Waals surface area contributed by atoms with Crippen molar-refractivity contribution in [1.29, 1.82) is 0 Å². The first kappa shape index (κ1) is 14.5. The molecule has 0 amide bonds. The van der Waals surface area contributed by atoms with E-state index in [1.54, 1.807) is 20.1 Å². The van der Waals surface area contributed by atoms with E-state index in [9.17, 15) is 0 Å². The normalized spacial score (nSPS) is 22.7. The van der Waals surface area contributed by atoms with Crippen molar-refractivity contribution >= 4 is 23.9 Å². The summed E-state index contributed by atoms with van der Waals surface area (Å²) in [6.07, 6.45) is 1.17. The fourth-order valence-electron chi connectivity index (χ4n) is 3.52. The molecule has 2 aliphatic heterocycles. The van der Waals surface area contributed by atoms with E-state index in [0.717, 1.165) is 0 Å². The van der Waals surface area contributed by atoms with Crippen molar-refractivity contribution < 1.29 is 0 Å². The van der Waals surface area contributed by atoms with E-state index in [0.29, 0.717) is 21.0 Å². The molecule has 3 heteroatoms. The molecule has 2 aliphatic rings. The number of fused-ring (bicyclic) bond motifs is 2. The number of likely N-dealkylation sites (N-methyl/N-ethyl adjacent to an activating group) is 1. The summed E-state index contributed by atoms with van der Waals surface area (Å²) in [7, 11) is 2.23. The molecule has 0 saturated carbocycles. The molecule has 0 N–H and O–H groups in total. The average Bonchev–Trinajstić information content (AvgIpc) is 2.72. The van der Waals surface area contributed by atoms with E-state index in [1.807, 2.05) is 0 Å². The summed E-state index contributed by atoms with van der Waals surface area (Å²) >= 11 is 0.439. The van der Waals surface area contributed by atoms with Crippen LogP contribution in [0.1, 0.15) is 17.2 Å². The van der Waals surface area contributed by atoms with Gasteiger partial charge in [-0.25, -0.2) is 0 Å². The zero-order chi connectivity index (χ0) is 14.9. The molecule has 0 radical (unpaired) electrons. The van der Waals surface area contributed by atoms with Gasteiger partial charge in [0.25, 0.3) is 0 Å². The summed E-state index contributed by atoms with van der Waals surface area (Å²) in [6.45, 7) is 4.74. The quantitative estimate of drug-likeness (QED) is 0.708. The van der Waals surface area contributed by atoms with Crippen molar-refractivity contribution in [1.82, 2.24) is 9.80 Å². The van der Waals surface area contributed by atoms with Gasteiger partial charge in [0, 0.05) is 0 Å². The molecular formula is C19H22N2Se. The second-order valence-corrected chi connectivity index (χ2v) is 8.58. The van der Waals surface area contributed by atoms with Gasteiger partial charge in [-0.15, -0.1) is 0 Å². The molecule has 1 unspecified atom stereocenters. The number of nitrogens with zero attached hydrogens (tertiary/aromatic N) is 2. The van der Waals surface area contributed by atoms with Crippen LogP contribution in [0, 0.1) is 0 Å². The van der Waals surface area contributed by atoms with Crippen LogP contribution in [-0.2, 0) is 6.42 Å². The maximum atomic E-state index is 2.71. The zero-order valence-corrected chi connectivity index (χ0v) is 14.7. The summed E-state index contributed by atoms with van der Waals surface area (Å²) in [5, 5.41) is 0. The molecule has 114 valence electrons. The standard InChI is InChI=1S/C19H22N2Se/c1-20-10-12-21(13-11-20)17-14-15-6-2-4-8-18(15)22-19-9-5-3-7-16(17)19/h2-9,17H,10-14H2,1H3. The predicted molar refractivity (Wildman–Crippen MR) is 93.4 cm³/mol. The van der Waals surface area contributed by atoms with E-state index in [-0.39, 0.29) is 0 Å². The van der Waals surface area contributed by atoms with Gasteiger partial charge in [-0.1, -0.05) is 0 Å². The number of hydrogen-bond acceptors (Lipinski definition) is 2. The van der Waals surface area contributed by atoms with Gasteiger partial charge in [-0.2, -0.15) is 0 Å². The Morgan fingerprint density at radius 3 is 2.36 bits per heavy atom. The fraction of sp³-hybridized carbons (Fsp3) is 0.368.